The van der Waals surface area contributed by atoms with E-state index in [1.54, 1.807) is 12.1 Å². The van der Waals surface area contributed by atoms with E-state index in [1.165, 1.54) is 6.07 Å². The molecule has 22 heavy (non-hydrogen) atoms. The van der Waals surface area contributed by atoms with Gasteiger partial charge in [-0.3, -0.25) is 4.79 Å². The van der Waals surface area contributed by atoms with Gasteiger partial charge in [0.25, 0.3) is 5.91 Å². The van der Waals surface area contributed by atoms with E-state index >= 15 is 0 Å². The summed E-state index contributed by atoms with van der Waals surface area (Å²) >= 11 is 0. The van der Waals surface area contributed by atoms with Crippen LogP contribution in [0.5, 0.6) is 5.75 Å². The lowest BCUT2D eigenvalue weighted by Gasteiger charge is -2.12. The highest BCUT2D eigenvalue weighted by Gasteiger charge is 2.09. The monoisotopic (exact) mass is 303 g/mol. The molecule has 1 amide bonds. The van der Waals surface area contributed by atoms with Crippen molar-refractivity contribution in [1.29, 1.82) is 0 Å². The summed E-state index contributed by atoms with van der Waals surface area (Å²) in [7, 11) is 0. The molecule has 5 heteroatoms. The molecule has 0 radical (unpaired) electrons. The number of amides is 1. The first-order chi connectivity index (χ1) is 10.5. The van der Waals surface area contributed by atoms with Crippen molar-refractivity contribution in [2.45, 2.75) is 39.7 Å². The molecule has 0 saturated heterocycles. The van der Waals surface area contributed by atoms with E-state index in [0.29, 0.717) is 11.3 Å². The van der Waals surface area contributed by atoms with Gasteiger partial charge >= 0.3 is 5.63 Å². The zero-order valence-corrected chi connectivity index (χ0v) is 13.1. The maximum absolute atomic E-state index is 11.7. The van der Waals surface area contributed by atoms with Crippen LogP contribution in [0.4, 0.5) is 0 Å². The summed E-state index contributed by atoms with van der Waals surface area (Å²) in [6, 6.07) is 6.89. The van der Waals surface area contributed by atoms with Crippen LogP contribution in [0.25, 0.3) is 11.0 Å². The minimum absolute atomic E-state index is 0.0620. The third-order valence-electron chi connectivity index (χ3n) is 3.57. The fraction of sp³-hybridized carbons (Fsp3) is 0.412. The highest BCUT2D eigenvalue weighted by molar-refractivity contribution is 5.82. The lowest BCUT2D eigenvalue weighted by molar-refractivity contribution is -0.123. The van der Waals surface area contributed by atoms with Crippen molar-refractivity contribution in [1.82, 2.24) is 5.32 Å². The van der Waals surface area contributed by atoms with E-state index in [0.717, 1.165) is 23.8 Å². The Bertz CT molecular complexity index is 720. The van der Waals surface area contributed by atoms with Gasteiger partial charge in [-0.2, -0.15) is 0 Å². The smallest absolute Gasteiger partial charge is 0.336 e. The summed E-state index contributed by atoms with van der Waals surface area (Å²) in [5.41, 5.74) is 1.03. The molecule has 1 N–H and O–H groups in total. The molecule has 1 aromatic heterocycles. The van der Waals surface area contributed by atoms with Crippen molar-refractivity contribution < 1.29 is 13.9 Å². The second-order valence-corrected chi connectivity index (χ2v) is 5.27. The molecule has 118 valence electrons. The van der Waals surface area contributed by atoms with Crippen molar-refractivity contribution in [2.75, 3.05) is 6.61 Å². The minimum Gasteiger partial charge on any atom is -0.484 e. The molecule has 0 bridgehead atoms. The summed E-state index contributed by atoms with van der Waals surface area (Å²) in [5, 5.41) is 3.71. The van der Waals surface area contributed by atoms with Gasteiger partial charge in [0, 0.05) is 23.6 Å². The van der Waals surface area contributed by atoms with Crippen LogP contribution >= 0.6 is 0 Å². The average molecular weight is 303 g/mol. The summed E-state index contributed by atoms with van der Waals surface area (Å²) in [6.07, 6.45) is 1.62. The Labute approximate surface area is 129 Å². The Hall–Kier alpha value is -2.30. The third-order valence-corrected chi connectivity index (χ3v) is 3.57. The van der Waals surface area contributed by atoms with Crippen molar-refractivity contribution in [3.05, 3.63) is 40.2 Å². The first-order valence-electron chi connectivity index (χ1n) is 7.52. The lowest BCUT2D eigenvalue weighted by atomic mass is 10.1. The molecule has 0 aliphatic carbocycles. The van der Waals surface area contributed by atoms with Crippen LogP contribution in [0.15, 0.2) is 33.5 Å². The number of hydrogen-bond donors (Lipinski definition) is 1. The average Bonchev–Trinajstić information content (AvgIpc) is 2.51. The number of carbonyl (C=O) groups is 1. The van der Waals surface area contributed by atoms with Crippen LogP contribution in [-0.2, 0) is 11.2 Å². The van der Waals surface area contributed by atoms with Gasteiger partial charge in [-0.05, 0) is 37.5 Å². The van der Waals surface area contributed by atoms with Crippen molar-refractivity contribution in [3.8, 4) is 5.75 Å². The highest BCUT2D eigenvalue weighted by atomic mass is 16.5. The predicted octanol–water partition coefficient (Wildman–Crippen LogP) is 2.65. The maximum atomic E-state index is 11.7. The van der Waals surface area contributed by atoms with E-state index in [-0.39, 0.29) is 24.2 Å². The molecular formula is C17H21NO4. The molecule has 1 heterocycles. The molecule has 0 aliphatic rings. The topological polar surface area (TPSA) is 68.5 Å². The summed E-state index contributed by atoms with van der Waals surface area (Å²) in [6.45, 7) is 5.86. The van der Waals surface area contributed by atoms with Gasteiger partial charge in [0.15, 0.2) is 6.61 Å². The van der Waals surface area contributed by atoms with Crippen molar-refractivity contribution >= 4 is 16.9 Å². The number of benzene rings is 1. The number of aryl methyl sites for hydroxylation is 1. The molecule has 1 unspecified atom stereocenters. The first-order valence-corrected chi connectivity index (χ1v) is 7.52. The SMILES string of the molecule is CCc1cc(=O)oc2cc(OCC(=O)NC(C)CC)ccc12. The molecule has 0 fully saturated rings. The van der Waals surface area contributed by atoms with Crippen LogP contribution in [-0.4, -0.2) is 18.6 Å². The van der Waals surface area contributed by atoms with Crippen LogP contribution in [0.3, 0.4) is 0 Å². The van der Waals surface area contributed by atoms with Crippen LogP contribution < -0.4 is 15.7 Å². The Morgan fingerprint density at radius 1 is 1.32 bits per heavy atom. The third kappa shape index (κ3) is 3.87. The van der Waals surface area contributed by atoms with Crippen molar-refractivity contribution in [3.63, 3.8) is 0 Å². The lowest BCUT2D eigenvalue weighted by Crippen LogP contribution is -2.35. The zero-order chi connectivity index (χ0) is 16.1. The van der Waals surface area contributed by atoms with Gasteiger partial charge in [0.2, 0.25) is 0 Å². The molecule has 2 aromatic rings. The zero-order valence-electron chi connectivity index (χ0n) is 13.1. The molecule has 5 nitrogen and oxygen atoms in total. The number of ether oxygens (including phenoxy) is 1. The number of fused-ring (bicyclic) bond motifs is 1. The van der Waals surface area contributed by atoms with Gasteiger partial charge in [-0.15, -0.1) is 0 Å². The maximum Gasteiger partial charge on any atom is 0.336 e. The second-order valence-electron chi connectivity index (χ2n) is 5.27. The second kappa shape index (κ2) is 7.11. The number of nitrogens with one attached hydrogen (secondary N) is 1. The van der Waals surface area contributed by atoms with Crippen LogP contribution in [0, 0.1) is 0 Å². The summed E-state index contributed by atoms with van der Waals surface area (Å²) in [5.74, 6) is 0.335. The minimum atomic E-state index is -0.379. The van der Waals surface area contributed by atoms with Crippen LogP contribution in [0.1, 0.15) is 32.8 Å². The molecule has 2 rings (SSSR count). The fourth-order valence-corrected chi connectivity index (χ4v) is 2.16. The number of carbonyl (C=O) groups excluding carboxylic acids is 1. The molecule has 0 aliphatic heterocycles. The molecular weight excluding hydrogens is 282 g/mol. The van der Waals surface area contributed by atoms with Crippen LogP contribution in [0.2, 0.25) is 0 Å². The Morgan fingerprint density at radius 2 is 2.09 bits per heavy atom. The Balaban J connectivity index is 2.13. The number of hydrogen-bond acceptors (Lipinski definition) is 4. The fourth-order valence-electron chi connectivity index (χ4n) is 2.16. The predicted molar refractivity (Wildman–Crippen MR) is 85.3 cm³/mol. The number of rotatable bonds is 6. The van der Waals surface area contributed by atoms with Crippen molar-refractivity contribution in [2.24, 2.45) is 0 Å². The van der Waals surface area contributed by atoms with Gasteiger partial charge in [0.05, 0.1) is 0 Å². The van der Waals surface area contributed by atoms with Gasteiger partial charge < -0.3 is 14.5 Å². The van der Waals surface area contributed by atoms with E-state index in [2.05, 4.69) is 5.32 Å². The van der Waals surface area contributed by atoms with E-state index in [1.807, 2.05) is 26.8 Å². The Kier molecular flexibility index (Phi) is 5.20. The highest BCUT2D eigenvalue weighted by Crippen LogP contribution is 2.22. The molecule has 0 spiro atoms. The normalized spacial score (nSPS) is 12.1. The summed E-state index contributed by atoms with van der Waals surface area (Å²) in [4.78, 5) is 23.2. The summed E-state index contributed by atoms with van der Waals surface area (Å²) < 4.78 is 10.7. The molecule has 1 aromatic carbocycles. The van der Waals surface area contributed by atoms with E-state index in [4.69, 9.17) is 9.15 Å². The quantitative estimate of drug-likeness (QED) is 0.833. The van der Waals surface area contributed by atoms with E-state index in [9.17, 15) is 9.59 Å². The molecule has 1 atom stereocenters. The first kappa shape index (κ1) is 16.1. The largest absolute Gasteiger partial charge is 0.484 e. The Morgan fingerprint density at radius 3 is 2.77 bits per heavy atom. The molecule has 0 saturated carbocycles. The van der Waals surface area contributed by atoms with E-state index < -0.39 is 0 Å². The van der Waals surface area contributed by atoms with Gasteiger partial charge in [-0.25, -0.2) is 4.79 Å². The standard InChI is InChI=1S/C17H21NO4/c1-4-11(3)18-16(19)10-21-13-6-7-14-12(5-2)8-17(20)22-15(14)9-13/h6-9,11H,4-5,10H2,1-3H3,(H,18,19). The van der Waals surface area contributed by atoms with Gasteiger partial charge in [0.1, 0.15) is 11.3 Å². The van der Waals surface area contributed by atoms with Gasteiger partial charge in [-0.1, -0.05) is 13.8 Å².